The van der Waals surface area contributed by atoms with Crippen LogP contribution in [-0.2, 0) is 4.74 Å². The molecule has 2 aromatic heterocycles. The van der Waals surface area contributed by atoms with Gasteiger partial charge in [0.05, 0.1) is 35.7 Å². The van der Waals surface area contributed by atoms with Crippen molar-refractivity contribution in [2.45, 2.75) is 19.9 Å². The highest BCUT2D eigenvalue weighted by Gasteiger charge is 2.31. The molecule has 1 atom stereocenters. The van der Waals surface area contributed by atoms with Gasteiger partial charge in [0.25, 0.3) is 5.91 Å². The lowest BCUT2D eigenvalue weighted by molar-refractivity contribution is -0.00370. The summed E-state index contributed by atoms with van der Waals surface area (Å²) in [6.45, 7) is 5.43. The molecular weight excluding hydrogens is 276 g/mol. The Morgan fingerprint density at radius 3 is 3.05 bits per heavy atom. The first-order valence-electron chi connectivity index (χ1n) is 6.49. The van der Waals surface area contributed by atoms with Gasteiger partial charge >= 0.3 is 0 Å². The first-order chi connectivity index (χ1) is 9.66. The number of carbonyl (C=O) groups is 1. The van der Waals surface area contributed by atoms with Crippen LogP contribution in [-0.4, -0.2) is 45.7 Å². The van der Waals surface area contributed by atoms with Gasteiger partial charge in [0.15, 0.2) is 0 Å². The number of morpholine rings is 1. The number of thiazole rings is 1. The van der Waals surface area contributed by atoms with E-state index in [-0.39, 0.29) is 11.9 Å². The minimum Gasteiger partial charge on any atom is -0.377 e. The SMILES string of the molecule is Cc1nc(C)c(C(=O)N2CCOC[C@H]2c2ccn[nH]2)s1. The maximum Gasteiger partial charge on any atom is 0.266 e. The molecule has 1 aliphatic heterocycles. The largest absolute Gasteiger partial charge is 0.377 e. The van der Waals surface area contributed by atoms with Gasteiger partial charge in [0.1, 0.15) is 4.88 Å². The van der Waals surface area contributed by atoms with E-state index in [1.165, 1.54) is 11.3 Å². The summed E-state index contributed by atoms with van der Waals surface area (Å²) in [5.74, 6) is 0.0241. The molecule has 7 heteroatoms. The molecule has 1 fully saturated rings. The molecule has 0 radical (unpaired) electrons. The zero-order valence-corrected chi connectivity index (χ0v) is 12.2. The molecule has 1 amide bonds. The van der Waals surface area contributed by atoms with Crippen LogP contribution in [0.15, 0.2) is 12.3 Å². The highest BCUT2D eigenvalue weighted by atomic mass is 32.1. The number of rotatable bonds is 2. The first kappa shape index (κ1) is 13.3. The number of aromatic amines is 1. The fourth-order valence-corrected chi connectivity index (χ4v) is 3.29. The maximum absolute atomic E-state index is 12.7. The highest BCUT2D eigenvalue weighted by molar-refractivity contribution is 7.13. The van der Waals surface area contributed by atoms with Crippen LogP contribution in [0.25, 0.3) is 0 Å². The van der Waals surface area contributed by atoms with Gasteiger partial charge in [-0.1, -0.05) is 0 Å². The van der Waals surface area contributed by atoms with E-state index in [1.807, 2.05) is 24.8 Å². The zero-order valence-electron chi connectivity index (χ0n) is 11.4. The third-order valence-electron chi connectivity index (χ3n) is 3.37. The molecule has 106 valence electrons. The van der Waals surface area contributed by atoms with Crippen molar-refractivity contribution in [3.8, 4) is 0 Å². The van der Waals surface area contributed by atoms with Crippen molar-refractivity contribution in [3.63, 3.8) is 0 Å². The fourth-order valence-electron chi connectivity index (χ4n) is 2.42. The standard InChI is InChI=1S/C13H16N4O2S/c1-8-12(20-9(2)15-8)13(18)17-5-6-19-7-11(17)10-3-4-14-16-10/h3-4,11H,5-7H2,1-2H3,(H,14,16)/t11-/m0/s1. The average Bonchev–Trinajstić information content (AvgIpc) is 3.07. The van der Waals surface area contributed by atoms with Crippen molar-refractivity contribution in [1.82, 2.24) is 20.1 Å². The molecule has 0 unspecified atom stereocenters. The van der Waals surface area contributed by atoms with Crippen molar-refractivity contribution in [2.24, 2.45) is 0 Å². The number of ether oxygens (including phenoxy) is 1. The summed E-state index contributed by atoms with van der Waals surface area (Å²) in [7, 11) is 0. The van der Waals surface area contributed by atoms with Gasteiger partial charge in [0, 0.05) is 12.7 Å². The average molecular weight is 292 g/mol. The number of aryl methyl sites for hydroxylation is 2. The van der Waals surface area contributed by atoms with Crippen LogP contribution in [0, 0.1) is 13.8 Å². The van der Waals surface area contributed by atoms with Crippen LogP contribution in [0.2, 0.25) is 0 Å². The van der Waals surface area contributed by atoms with Crippen LogP contribution < -0.4 is 0 Å². The summed E-state index contributed by atoms with van der Waals surface area (Å²) in [6, 6.07) is 1.77. The lowest BCUT2D eigenvalue weighted by Gasteiger charge is -2.34. The Morgan fingerprint density at radius 2 is 2.40 bits per heavy atom. The first-order valence-corrected chi connectivity index (χ1v) is 7.30. The third kappa shape index (κ3) is 2.34. The van der Waals surface area contributed by atoms with Gasteiger partial charge in [-0.3, -0.25) is 9.89 Å². The number of amides is 1. The number of carbonyl (C=O) groups excluding carboxylic acids is 1. The Bertz CT molecular complexity index is 608. The van der Waals surface area contributed by atoms with E-state index < -0.39 is 0 Å². The summed E-state index contributed by atoms with van der Waals surface area (Å²) in [5, 5.41) is 7.80. The summed E-state index contributed by atoms with van der Waals surface area (Å²) in [4.78, 5) is 19.6. The molecule has 0 spiro atoms. The smallest absolute Gasteiger partial charge is 0.266 e. The van der Waals surface area contributed by atoms with Crippen LogP contribution in [0.3, 0.4) is 0 Å². The summed E-state index contributed by atoms with van der Waals surface area (Å²) < 4.78 is 5.50. The van der Waals surface area contributed by atoms with E-state index >= 15 is 0 Å². The van der Waals surface area contributed by atoms with E-state index in [4.69, 9.17) is 4.74 Å². The monoisotopic (exact) mass is 292 g/mol. The number of nitrogens with one attached hydrogen (secondary N) is 1. The van der Waals surface area contributed by atoms with Crippen LogP contribution in [0.5, 0.6) is 0 Å². The van der Waals surface area contributed by atoms with E-state index in [2.05, 4.69) is 15.2 Å². The van der Waals surface area contributed by atoms with Crippen molar-refractivity contribution < 1.29 is 9.53 Å². The predicted molar refractivity (Wildman–Crippen MR) is 74.8 cm³/mol. The predicted octanol–water partition coefficient (Wildman–Crippen LogP) is 1.70. The van der Waals surface area contributed by atoms with Crippen LogP contribution in [0.1, 0.15) is 32.1 Å². The second-order valence-corrected chi connectivity index (χ2v) is 5.95. The lowest BCUT2D eigenvalue weighted by atomic mass is 10.1. The Morgan fingerprint density at radius 1 is 1.55 bits per heavy atom. The molecule has 3 rings (SSSR count). The zero-order chi connectivity index (χ0) is 14.1. The third-order valence-corrected chi connectivity index (χ3v) is 4.43. The van der Waals surface area contributed by atoms with Crippen molar-refractivity contribution in [1.29, 1.82) is 0 Å². The van der Waals surface area contributed by atoms with Gasteiger partial charge < -0.3 is 9.64 Å². The Kier molecular flexibility index (Phi) is 3.54. The Labute approximate surface area is 120 Å². The van der Waals surface area contributed by atoms with Gasteiger partial charge in [-0.25, -0.2) is 4.98 Å². The molecule has 1 N–H and O–H groups in total. The molecule has 6 nitrogen and oxygen atoms in total. The van der Waals surface area contributed by atoms with Gasteiger partial charge in [-0.05, 0) is 19.9 Å². The van der Waals surface area contributed by atoms with E-state index in [0.717, 1.165) is 16.4 Å². The molecule has 20 heavy (non-hydrogen) atoms. The topological polar surface area (TPSA) is 71.1 Å². The van der Waals surface area contributed by atoms with E-state index in [0.29, 0.717) is 24.6 Å². The van der Waals surface area contributed by atoms with Crippen molar-refractivity contribution in [2.75, 3.05) is 19.8 Å². The van der Waals surface area contributed by atoms with Gasteiger partial charge in [-0.15, -0.1) is 11.3 Å². The van der Waals surface area contributed by atoms with Gasteiger partial charge in [0.2, 0.25) is 0 Å². The minimum absolute atomic E-state index is 0.0241. The van der Waals surface area contributed by atoms with Gasteiger partial charge in [-0.2, -0.15) is 5.10 Å². The molecule has 1 aliphatic rings. The normalized spacial score (nSPS) is 19.3. The molecule has 0 aliphatic carbocycles. The van der Waals surface area contributed by atoms with Crippen LogP contribution >= 0.6 is 11.3 Å². The number of aromatic nitrogens is 3. The highest BCUT2D eigenvalue weighted by Crippen LogP contribution is 2.27. The van der Waals surface area contributed by atoms with Crippen molar-refractivity contribution in [3.05, 3.63) is 33.5 Å². The number of hydrogen-bond acceptors (Lipinski definition) is 5. The molecule has 2 aromatic rings. The second kappa shape index (κ2) is 5.34. The summed E-state index contributed by atoms with van der Waals surface area (Å²) >= 11 is 1.45. The molecule has 3 heterocycles. The Hall–Kier alpha value is -1.73. The molecule has 0 bridgehead atoms. The summed E-state index contributed by atoms with van der Waals surface area (Å²) in [5.41, 5.74) is 1.70. The van der Waals surface area contributed by atoms with E-state index in [9.17, 15) is 4.79 Å². The Balaban J connectivity index is 1.90. The number of H-pyrrole nitrogens is 1. The summed E-state index contributed by atoms with van der Waals surface area (Å²) in [6.07, 6.45) is 1.69. The minimum atomic E-state index is -0.111. The molecule has 1 saturated heterocycles. The maximum atomic E-state index is 12.7. The lowest BCUT2D eigenvalue weighted by Crippen LogP contribution is -2.43. The second-order valence-electron chi connectivity index (χ2n) is 4.75. The van der Waals surface area contributed by atoms with Crippen molar-refractivity contribution >= 4 is 17.2 Å². The molecule has 0 aromatic carbocycles. The quantitative estimate of drug-likeness (QED) is 0.914. The fraction of sp³-hybridized carbons (Fsp3) is 0.462. The van der Waals surface area contributed by atoms with Crippen LogP contribution in [0.4, 0.5) is 0 Å². The number of hydrogen-bond donors (Lipinski definition) is 1. The molecule has 0 saturated carbocycles. The number of nitrogens with zero attached hydrogens (tertiary/aromatic N) is 3. The molecular formula is C13H16N4O2S. The van der Waals surface area contributed by atoms with E-state index in [1.54, 1.807) is 6.20 Å².